The zero-order valence-corrected chi connectivity index (χ0v) is 12.9. The van der Waals surface area contributed by atoms with Crippen LogP contribution in [0.25, 0.3) is 0 Å². The van der Waals surface area contributed by atoms with Gasteiger partial charge < -0.3 is 5.11 Å². The summed E-state index contributed by atoms with van der Waals surface area (Å²) < 4.78 is 13.8. The molecule has 0 saturated carbocycles. The maximum absolute atomic E-state index is 13.8. The van der Waals surface area contributed by atoms with E-state index in [9.17, 15) is 14.3 Å². The Morgan fingerprint density at radius 3 is 2.62 bits per heavy atom. The van der Waals surface area contributed by atoms with Crippen molar-refractivity contribution in [1.82, 2.24) is 4.90 Å². The van der Waals surface area contributed by atoms with E-state index in [1.807, 2.05) is 19.9 Å². The Bertz CT molecular complexity index is 508. The van der Waals surface area contributed by atoms with Crippen LogP contribution >= 0.6 is 0 Å². The fourth-order valence-corrected chi connectivity index (χ4v) is 3.25. The van der Waals surface area contributed by atoms with Gasteiger partial charge in [-0.3, -0.25) is 9.69 Å². The number of piperidine rings is 1. The maximum Gasteiger partial charge on any atom is 0.309 e. The van der Waals surface area contributed by atoms with E-state index in [0.29, 0.717) is 24.9 Å². The topological polar surface area (TPSA) is 40.5 Å². The Kier molecular flexibility index (Phi) is 4.99. The number of rotatable bonds is 5. The summed E-state index contributed by atoms with van der Waals surface area (Å²) in [5.74, 6) is -0.852. The van der Waals surface area contributed by atoms with E-state index in [1.165, 1.54) is 6.07 Å². The number of benzene rings is 1. The number of carbonyl (C=O) groups is 1. The number of likely N-dealkylation sites (tertiary alicyclic amines) is 1. The quantitative estimate of drug-likeness (QED) is 0.901. The number of nitrogens with zero attached hydrogens (tertiary/aromatic N) is 1. The molecular formula is C17H24FNO2. The number of carboxylic acids is 1. The third-order valence-corrected chi connectivity index (χ3v) is 4.59. The van der Waals surface area contributed by atoms with Crippen molar-refractivity contribution < 1.29 is 14.3 Å². The molecule has 0 atom stereocenters. The summed E-state index contributed by atoms with van der Waals surface area (Å²) in [7, 11) is 0. The first-order valence-electron chi connectivity index (χ1n) is 7.67. The van der Waals surface area contributed by atoms with Gasteiger partial charge in [-0.15, -0.1) is 0 Å². The first kappa shape index (κ1) is 16.0. The number of carboxylic acid groups (broad SMARTS) is 1. The molecule has 0 radical (unpaired) electrons. The molecule has 1 aliphatic heterocycles. The maximum atomic E-state index is 13.8. The van der Waals surface area contributed by atoms with Crippen LogP contribution in [0.5, 0.6) is 0 Å². The summed E-state index contributed by atoms with van der Waals surface area (Å²) in [6.45, 7) is 5.99. The van der Waals surface area contributed by atoms with E-state index >= 15 is 0 Å². The molecule has 1 heterocycles. The van der Waals surface area contributed by atoms with Gasteiger partial charge in [-0.2, -0.15) is 0 Å². The summed E-state index contributed by atoms with van der Waals surface area (Å²) in [4.78, 5) is 13.7. The predicted octanol–water partition coefficient (Wildman–Crippen LogP) is 3.60. The lowest BCUT2D eigenvalue weighted by Gasteiger charge is -2.39. The molecule has 1 fully saturated rings. The molecule has 0 unspecified atom stereocenters. The SMILES string of the molecule is CCCC1(C(=O)O)CCN(Cc2cc(C)ccc2F)CC1. The van der Waals surface area contributed by atoms with Gasteiger partial charge in [0.05, 0.1) is 5.41 Å². The molecule has 1 N–H and O–H groups in total. The van der Waals surface area contributed by atoms with Crippen LogP contribution in [0.2, 0.25) is 0 Å². The lowest BCUT2D eigenvalue weighted by Crippen LogP contribution is -2.44. The van der Waals surface area contributed by atoms with Crippen molar-refractivity contribution in [2.24, 2.45) is 5.41 Å². The van der Waals surface area contributed by atoms with E-state index in [4.69, 9.17) is 0 Å². The highest BCUT2D eigenvalue weighted by molar-refractivity contribution is 5.74. The van der Waals surface area contributed by atoms with Crippen molar-refractivity contribution in [2.75, 3.05) is 13.1 Å². The Balaban J connectivity index is 2.00. The van der Waals surface area contributed by atoms with Crippen LogP contribution < -0.4 is 0 Å². The number of aliphatic carboxylic acids is 1. The summed E-state index contributed by atoms with van der Waals surface area (Å²) in [6.07, 6.45) is 2.93. The molecular weight excluding hydrogens is 269 g/mol. The minimum atomic E-state index is -0.675. The normalized spacial score (nSPS) is 18.6. The highest BCUT2D eigenvalue weighted by Crippen LogP contribution is 2.37. The molecule has 0 bridgehead atoms. The second-order valence-electron chi connectivity index (χ2n) is 6.21. The lowest BCUT2D eigenvalue weighted by atomic mass is 9.75. The molecule has 1 aromatic carbocycles. The molecule has 2 rings (SSSR count). The van der Waals surface area contributed by atoms with E-state index in [2.05, 4.69) is 4.90 Å². The highest BCUT2D eigenvalue weighted by atomic mass is 19.1. The molecule has 4 heteroatoms. The number of hydrogen-bond acceptors (Lipinski definition) is 2. The van der Waals surface area contributed by atoms with Gasteiger partial charge in [0.1, 0.15) is 5.82 Å². The summed E-state index contributed by atoms with van der Waals surface area (Å²) in [6, 6.07) is 5.15. The summed E-state index contributed by atoms with van der Waals surface area (Å²) >= 11 is 0. The van der Waals surface area contributed by atoms with Crippen LogP contribution in [0.3, 0.4) is 0 Å². The Labute approximate surface area is 125 Å². The van der Waals surface area contributed by atoms with Crippen molar-refractivity contribution in [3.63, 3.8) is 0 Å². The number of halogens is 1. The Morgan fingerprint density at radius 1 is 1.38 bits per heavy atom. The second kappa shape index (κ2) is 6.56. The van der Waals surface area contributed by atoms with Crippen LogP contribution in [0.1, 0.15) is 43.7 Å². The zero-order valence-electron chi connectivity index (χ0n) is 12.9. The van der Waals surface area contributed by atoms with Gasteiger partial charge >= 0.3 is 5.97 Å². The molecule has 0 aromatic heterocycles. The van der Waals surface area contributed by atoms with E-state index < -0.39 is 11.4 Å². The second-order valence-corrected chi connectivity index (χ2v) is 6.21. The lowest BCUT2D eigenvalue weighted by molar-refractivity contribution is -0.152. The molecule has 1 aromatic rings. The van der Waals surface area contributed by atoms with Gasteiger partial charge in [0.25, 0.3) is 0 Å². The van der Waals surface area contributed by atoms with Crippen LogP contribution in [0, 0.1) is 18.2 Å². The van der Waals surface area contributed by atoms with E-state index in [0.717, 1.165) is 31.5 Å². The van der Waals surface area contributed by atoms with Crippen LogP contribution in [-0.4, -0.2) is 29.1 Å². The molecule has 116 valence electrons. The average Bonchev–Trinajstić information content (AvgIpc) is 2.45. The van der Waals surface area contributed by atoms with Gasteiger partial charge in [-0.25, -0.2) is 4.39 Å². The molecule has 3 nitrogen and oxygen atoms in total. The fourth-order valence-electron chi connectivity index (χ4n) is 3.25. The monoisotopic (exact) mass is 293 g/mol. The van der Waals surface area contributed by atoms with Crippen LogP contribution in [-0.2, 0) is 11.3 Å². The predicted molar refractivity (Wildman–Crippen MR) is 80.6 cm³/mol. The highest BCUT2D eigenvalue weighted by Gasteiger charge is 2.40. The Hall–Kier alpha value is -1.42. The van der Waals surface area contributed by atoms with Gasteiger partial charge in [0.15, 0.2) is 0 Å². The minimum absolute atomic E-state index is 0.177. The van der Waals surface area contributed by atoms with E-state index in [1.54, 1.807) is 6.07 Å². The zero-order chi connectivity index (χ0) is 15.5. The molecule has 0 amide bonds. The van der Waals surface area contributed by atoms with Crippen molar-refractivity contribution in [3.8, 4) is 0 Å². The third-order valence-electron chi connectivity index (χ3n) is 4.59. The van der Waals surface area contributed by atoms with Crippen LogP contribution in [0.4, 0.5) is 4.39 Å². The van der Waals surface area contributed by atoms with Gasteiger partial charge in [-0.05, 0) is 45.3 Å². The molecule has 21 heavy (non-hydrogen) atoms. The number of aryl methyl sites for hydroxylation is 1. The first-order chi connectivity index (χ1) is 9.97. The number of hydrogen-bond donors (Lipinski definition) is 1. The first-order valence-corrected chi connectivity index (χ1v) is 7.67. The van der Waals surface area contributed by atoms with Gasteiger partial charge in [-0.1, -0.05) is 31.0 Å². The molecule has 1 aliphatic rings. The largest absolute Gasteiger partial charge is 0.481 e. The molecule has 0 aliphatic carbocycles. The molecule has 0 spiro atoms. The van der Waals surface area contributed by atoms with Crippen molar-refractivity contribution in [3.05, 3.63) is 35.1 Å². The van der Waals surface area contributed by atoms with Crippen LogP contribution in [0.15, 0.2) is 18.2 Å². The fraction of sp³-hybridized carbons (Fsp3) is 0.588. The molecule has 1 saturated heterocycles. The van der Waals surface area contributed by atoms with Gasteiger partial charge in [0.2, 0.25) is 0 Å². The van der Waals surface area contributed by atoms with E-state index in [-0.39, 0.29) is 5.82 Å². The standard InChI is InChI=1S/C17H24FNO2/c1-3-6-17(16(20)21)7-9-19(10-8-17)12-14-11-13(2)4-5-15(14)18/h4-5,11H,3,6-10,12H2,1-2H3,(H,20,21). The Morgan fingerprint density at radius 2 is 2.05 bits per heavy atom. The average molecular weight is 293 g/mol. The van der Waals surface area contributed by atoms with Gasteiger partial charge in [0, 0.05) is 12.1 Å². The minimum Gasteiger partial charge on any atom is -0.481 e. The van der Waals surface area contributed by atoms with Crippen molar-refractivity contribution >= 4 is 5.97 Å². The third kappa shape index (κ3) is 3.62. The summed E-state index contributed by atoms with van der Waals surface area (Å²) in [5.41, 5.74) is 1.18. The smallest absolute Gasteiger partial charge is 0.309 e. The van der Waals surface area contributed by atoms with Crippen molar-refractivity contribution in [1.29, 1.82) is 0 Å². The summed E-state index contributed by atoms with van der Waals surface area (Å²) in [5, 5.41) is 9.50. The van der Waals surface area contributed by atoms with Crippen molar-refractivity contribution in [2.45, 2.75) is 46.1 Å².